The molecule has 0 N–H and O–H groups in total. The summed E-state index contributed by atoms with van der Waals surface area (Å²) in [6, 6.07) is 9.83. The molecule has 0 radical (unpaired) electrons. The predicted octanol–water partition coefficient (Wildman–Crippen LogP) is 3.00. The minimum Gasteiger partial charge on any atom is -0.371 e. The molecule has 0 heterocycles. The number of ketones is 1. The molecule has 2 nitrogen and oxygen atoms in total. The highest BCUT2D eigenvalue weighted by Crippen LogP contribution is 2.08. The van der Waals surface area contributed by atoms with E-state index in [-0.39, 0.29) is 11.9 Å². The Morgan fingerprint density at radius 2 is 1.94 bits per heavy atom. The standard InChI is InChI=1S/C14H20O2/c1-3-8-14(16-4-2)13(15)11-12-9-6-5-7-10-12/h5-7,9-10,14H,3-4,8,11H2,1-2H3. The average Bonchev–Trinajstić information content (AvgIpc) is 2.30. The molecule has 88 valence electrons. The van der Waals surface area contributed by atoms with Gasteiger partial charge in [-0.2, -0.15) is 0 Å². The highest BCUT2D eigenvalue weighted by molar-refractivity contribution is 5.85. The Morgan fingerprint density at radius 3 is 2.50 bits per heavy atom. The lowest BCUT2D eigenvalue weighted by Crippen LogP contribution is -2.25. The van der Waals surface area contributed by atoms with E-state index in [4.69, 9.17) is 4.74 Å². The van der Waals surface area contributed by atoms with Crippen molar-refractivity contribution in [2.24, 2.45) is 0 Å². The van der Waals surface area contributed by atoms with Crippen molar-refractivity contribution in [1.29, 1.82) is 0 Å². The first-order chi connectivity index (χ1) is 7.77. The average molecular weight is 220 g/mol. The molecule has 0 aliphatic rings. The molecule has 1 unspecified atom stereocenters. The van der Waals surface area contributed by atoms with Gasteiger partial charge in [0.05, 0.1) is 0 Å². The number of ether oxygens (including phenoxy) is 1. The molecule has 0 bridgehead atoms. The van der Waals surface area contributed by atoms with Crippen LogP contribution in [-0.4, -0.2) is 18.5 Å². The number of Topliss-reactive ketones (excluding diaryl/α,β-unsaturated/α-hetero) is 1. The summed E-state index contributed by atoms with van der Waals surface area (Å²) >= 11 is 0. The molecular weight excluding hydrogens is 200 g/mol. The lowest BCUT2D eigenvalue weighted by atomic mass is 10.0. The molecule has 0 amide bonds. The molecule has 1 atom stereocenters. The second kappa shape index (κ2) is 7.18. The molecule has 0 spiro atoms. The lowest BCUT2D eigenvalue weighted by Gasteiger charge is -2.14. The number of carbonyl (C=O) groups is 1. The molecule has 1 aromatic carbocycles. The van der Waals surface area contributed by atoms with Crippen molar-refractivity contribution < 1.29 is 9.53 Å². The van der Waals surface area contributed by atoms with Crippen LogP contribution in [-0.2, 0) is 16.0 Å². The van der Waals surface area contributed by atoms with Gasteiger partial charge >= 0.3 is 0 Å². The van der Waals surface area contributed by atoms with E-state index < -0.39 is 0 Å². The summed E-state index contributed by atoms with van der Waals surface area (Å²) in [4.78, 5) is 12.0. The third kappa shape index (κ3) is 4.15. The summed E-state index contributed by atoms with van der Waals surface area (Å²) in [5.41, 5.74) is 1.06. The van der Waals surface area contributed by atoms with Gasteiger partial charge in [-0.3, -0.25) is 4.79 Å². The van der Waals surface area contributed by atoms with Gasteiger partial charge in [0, 0.05) is 13.0 Å². The van der Waals surface area contributed by atoms with Crippen molar-refractivity contribution in [2.75, 3.05) is 6.61 Å². The predicted molar refractivity (Wildman–Crippen MR) is 65.5 cm³/mol. The molecular formula is C14H20O2. The van der Waals surface area contributed by atoms with Crippen molar-refractivity contribution in [3.8, 4) is 0 Å². The van der Waals surface area contributed by atoms with E-state index in [0.717, 1.165) is 18.4 Å². The summed E-state index contributed by atoms with van der Waals surface area (Å²) in [5, 5.41) is 0. The topological polar surface area (TPSA) is 26.3 Å². The third-order valence-corrected chi connectivity index (χ3v) is 2.50. The first-order valence-electron chi connectivity index (χ1n) is 5.96. The highest BCUT2D eigenvalue weighted by Gasteiger charge is 2.17. The summed E-state index contributed by atoms with van der Waals surface area (Å²) in [5.74, 6) is 0.190. The second-order valence-corrected chi connectivity index (χ2v) is 3.86. The van der Waals surface area contributed by atoms with Gasteiger partial charge in [-0.05, 0) is 18.9 Å². The fourth-order valence-electron chi connectivity index (χ4n) is 1.71. The van der Waals surface area contributed by atoms with Crippen LogP contribution in [0.15, 0.2) is 30.3 Å². The van der Waals surface area contributed by atoms with E-state index in [1.54, 1.807) is 0 Å². The van der Waals surface area contributed by atoms with Crippen LogP contribution in [0.25, 0.3) is 0 Å². The maximum atomic E-state index is 12.0. The molecule has 0 fully saturated rings. The summed E-state index contributed by atoms with van der Waals surface area (Å²) in [7, 11) is 0. The number of benzene rings is 1. The van der Waals surface area contributed by atoms with Crippen LogP contribution in [0, 0.1) is 0 Å². The zero-order chi connectivity index (χ0) is 11.8. The fraction of sp³-hybridized carbons (Fsp3) is 0.500. The smallest absolute Gasteiger partial charge is 0.165 e. The largest absolute Gasteiger partial charge is 0.371 e. The molecule has 0 saturated heterocycles. The van der Waals surface area contributed by atoms with Crippen LogP contribution in [0.1, 0.15) is 32.3 Å². The Morgan fingerprint density at radius 1 is 1.25 bits per heavy atom. The van der Waals surface area contributed by atoms with Crippen molar-refractivity contribution in [1.82, 2.24) is 0 Å². The van der Waals surface area contributed by atoms with Gasteiger partial charge in [0.25, 0.3) is 0 Å². The third-order valence-electron chi connectivity index (χ3n) is 2.50. The SMILES string of the molecule is CCCC(OCC)C(=O)Cc1ccccc1. The molecule has 0 aliphatic heterocycles. The van der Waals surface area contributed by atoms with Gasteiger partial charge in [0.2, 0.25) is 0 Å². The van der Waals surface area contributed by atoms with Crippen LogP contribution in [0.2, 0.25) is 0 Å². The Balaban J connectivity index is 2.55. The van der Waals surface area contributed by atoms with E-state index in [2.05, 4.69) is 6.92 Å². The van der Waals surface area contributed by atoms with Gasteiger partial charge in [-0.25, -0.2) is 0 Å². The maximum absolute atomic E-state index is 12.0. The Labute approximate surface area is 97.6 Å². The van der Waals surface area contributed by atoms with E-state index in [1.807, 2.05) is 37.3 Å². The molecule has 16 heavy (non-hydrogen) atoms. The zero-order valence-corrected chi connectivity index (χ0v) is 10.1. The normalized spacial score (nSPS) is 12.4. The zero-order valence-electron chi connectivity index (χ0n) is 10.1. The van der Waals surface area contributed by atoms with Gasteiger partial charge in [0.1, 0.15) is 6.10 Å². The molecule has 1 aromatic rings. The minimum absolute atomic E-state index is 0.190. The first kappa shape index (κ1) is 12.9. The van der Waals surface area contributed by atoms with Crippen LogP contribution in [0.3, 0.4) is 0 Å². The first-order valence-corrected chi connectivity index (χ1v) is 5.96. The summed E-state index contributed by atoms with van der Waals surface area (Å²) < 4.78 is 5.47. The van der Waals surface area contributed by atoms with Crippen LogP contribution < -0.4 is 0 Å². The Kier molecular flexibility index (Phi) is 5.79. The molecule has 0 saturated carbocycles. The van der Waals surface area contributed by atoms with E-state index in [1.165, 1.54) is 0 Å². The molecule has 0 aliphatic carbocycles. The number of hydrogen-bond donors (Lipinski definition) is 0. The molecule has 0 aromatic heterocycles. The fourth-order valence-corrected chi connectivity index (χ4v) is 1.71. The van der Waals surface area contributed by atoms with Crippen LogP contribution >= 0.6 is 0 Å². The summed E-state index contributed by atoms with van der Waals surface area (Å²) in [6.07, 6.45) is 2.05. The second-order valence-electron chi connectivity index (χ2n) is 3.86. The van der Waals surface area contributed by atoms with Gasteiger partial charge in [-0.15, -0.1) is 0 Å². The monoisotopic (exact) mass is 220 g/mol. The Bertz CT molecular complexity index is 300. The Hall–Kier alpha value is -1.15. The van der Waals surface area contributed by atoms with Crippen molar-refractivity contribution in [3.63, 3.8) is 0 Å². The van der Waals surface area contributed by atoms with Crippen molar-refractivity contribution in [3.05, 3.63) is 35.9 Å². The van der Waals surface area contributed by atoms with Gasteiger partial charge < -0.3 is 4.74 Å². The van der Waals surface area contributed by atoms with E-state index in [9.17, 15) is 4.79 Å². The lowest BCUT2D eigenvalue weighted by molar-refractivity contribution is -0.130. The quantitative estimate of drug-likeness (QED) is 0.706. The van der Waals surface area contributed by atoms with E-state index >= 15 is 0 Å². The summed E-state index contributed by atoms with van der Waals surface area (Å²) in [6.45, 7) is 4.60. The number of carbonyl (C=O) groups excluding carboxylic acids is 1. The van der Waals surface area contributed by atoms with Crippen LogP contribution in [0.4, 0.5) is 0 Å². The van der Waals surface area contributed by atoms with Crippen LogP contribution in [0.5, 0.6) is 0 Å². The minimum atomic E-state index is -0.227. The molecule has 1 rings (SSSR count). The van der Waals surface area contributed by atoms with Crippen molar-refractivity contribution in [2.45, 2.75) is 39.2 Å². The van der Waals surface area contributed by atoms with Gasteiger partial charge in [0.15, 0.2) is 5.78 Å². The van der Waals surface area contributed by atoms with Crippen molar-refractivity contribution >= 4 is 5.78 Å². The molecule has 2 heteroatoms. The maximum Gasteiger partial charge on any atom is 0.165 e. The van der Waals surface area contributed by atoms with E-state index in [0.29, 0.717) is 13.0 Å². The van der Waals surface area contributed by atoms with Gasteiger partial charge in [-0.1, -0.05) is 43.7 Å². The number of rotatable bonds is 7. The highest BCUT2D eigenvalue weighted by atomic mass is 16.5. The number of hydrogen-bond acceptors (Lipinski definition) is 2.